The van der Waals surface area contributed by atoms with Gasteiger partial charge in [-0.1, -0.05) is 30.3 Å². The molecule has 4 rings (SSSR count). The van der Waals surface area contributed by atoms with E-state index < -0.39 is 64.8 Å². The van der Waals surface area contributed by atoms with E-state index in [4.69, 9.17) is 9.47 Å². The van der Waals surface area contributed by atoms with Crippen LogP contribution in [0.25, 0.3) is 0 Å². The lowest BCUT2D eigenvalue weighted by atomic mass is 9.77. The zero-order chi connectivity index (χ0) is 23.0. The molecule has 2 aromatic carbocycles. The highest BCUT2D eigenvalue weighted by atomic mass is 19.2. The molecule has 2 bridgehead atoms. The summed E-state index contributed by atoms with van der Waals surface area (Å²) in [4.78, 5) is 14.1. The van der Waals surface area contributed by atoms with Crippen LogP contribution in [0.1, 0.15) is 24.0 Å². The smallest absolute Gasteiger partial charge is 0.410 e. The molecule has 0 aromatic heterocycles. The lowest BCUT2D eigenvalue weighted by Gasteiger charge is -2.50. The van der Waals surface area contributed by atoms with E-state index in [-0.39, 0.29) is 32.7 Å². The molecule has 1 N–H and O–H groups in total. The molecule has 0 saturated carbocycles. The second kappa shape index (κ2) is 8.67. The third kappa shape index (κ3) is 4.16. The number of piperidine rings is 1. The summed E-state index contributed by atoms with van der Waals surface area (Å²) < 4.78 is 79.6. The fourth-order valence-corrected chi connectivity index (χ4v) is 4.44. The maximum absolute atomic E-state index is 14.1. The number of rotatable bonds is 4. The number of carbonyl (C=O) groups excluding carboxylic acids is 1. The van der Waals surface area contributed by atoms with Gasteiger partial charge >= 0.3 is 6.09 Å². The molecule has 2 aliphatic heterocycles. The standard InChI is InChI=1S/C22H20F5NO4/c23-16-15(17(24)19(26)20(27)18(16)25)8-22(30)6-13-10-31-11-14(7-22)28(13)21(29)32-9-12-4-2-1-3-5-12/h1-5,13-14,30H,6-11H2. The Morgan fingerprint density at radius 3 is 2.06 bits per heavy atom. The van der Waals surface area contributed by atoms with Crippen molar-refractivity contribution in [2.75, 3.05) is 13.2 Å². The third-order valence-electron chi connectivity index (χ3n) is 5.86. The molecule has 2 fully saturated rings. The van der Waals surface area contributed by atoms with Gasteiger partial charge in [-0.05, 0) is 18.4 Å². The zero-order valence-electron chi connectivity index (χ0n) is 16.8. The first-order chi connectivity index (χ1) is 15.2. The van der Waals surface area contributed by atoms with Crippen LogP contribution in [0.2, 0.25) is 0 Å². The van der Waals surface area contributed by atoms with Crippen molar-refractivity contribution < 1.29 is 41.3 Å². The molecule has 2 unspecified atom stereocenters. The molecular weight excluding hydrogens is 437 g/mol. The quantitative estimate of drug-likeness (QED) is 0.431. The Labute approximate surface area is 180 Å². The Balaban J connectivity index is 1.51. The van der Waals surface area contributed by atoms with Crippen molar-refractivity contribution >= 4 is 6.09 Å². The number of hydrogen-bond acceptors (Lipinski definition) is 4. The Bertz CT molecular complexity index is 976. The van der Waals surface area contributed by atoms with Crippen LogP contribution in [0.3, 0.4) is 0 Å². The highest BCUT2D eigenvalue weighted by molar-refractivity contribution is 5.69. The van der Waals surface area contributed by atoms with Gasteiger partial charge in [-0.25, -0.2) is 26.7 Å². The molecule has 2 heterocycles. The molecule has 172 valence electrons. The molecule has 2 aromatic rings. The van der Waals surface area contributed by atoms with Gasteiger partial charge in [-0.2, -0.15) is 0 Å². The fourth-order valence-electron chi connectivity index (χ4n) is 4.44. The monoisotopic (exact) mass is 457 g/mol. The van der Waals surface area contributed by atoms with Gasteiger partial charge in [-0.3, -0.25) is 4.90 Å². The van der Waals surface area contributed by atoms with Crippen LogP contribution in [0.15, 0.2) is 30.3 Å². The van der Waals surface area contributed by atoms with Crippen LogP contribution < -0.4 is 0 Å². The zero-order valence-corrected chi connectivity index (χ0v) is 16.8. The van der Waals surface area contributed by atoms with Crippen molar-refractivity contribution in [1.29, 1.82) is 0 Å². The van der Waals surface area contributed by atoms with Crippen LogP contribution >= 0.6 is 0 Å². The van der Waals surface area contributed by atoms with E-state index in [1.807, 2.05) is 6.07 Å². The van der Waals surface area contributed by atoms with Crippen LogP contribution in [-0.2, 0) is 22.5 Å². The van der Waals surface area contributed by atoms with Crippen LogP contribution in [0.5, 0.6) is 0 Å². The minimum Gasteiger partial charge on any atom is -0.445 e. The lowest BCUT2D eigenvalue weighted by Crippen LogP contribution is -2.64. The van der Waals surface area contributed by atoms with Gasteiger partial charge in [0.25, 0.3) is 0 Å². The second-order valence-corrected chi connectivity index (χ2v) is 8.15. The van der Waals surface area contributed by atoms with Gasteiger partial charge in [-0.15, -0.1) is 0 Å². The summed E-state index contributed by atoms with van der Waals surface area (Å²) >= 11 is 0. The van der Waals surface area contributed by atoms with Crippen LogP contribution in [0.4, 0.5) is 26.7 Å². The van der Waals surface area contributed by atoms with Crippen LogP contribution in [0, 0.1) is 29.1 Å². The van der Waals surface area contributed by atoms with Crippen molar-refractivity contribution in [3.05, 3.63) is 70.5 Å². The van der Waals surface area contributed by atoms with Gasteiger partial charge < -0.3 is 14.6 Å². The van der Waals surface area contributed by atoms with Crippen molar-refractivity contribution in [2.45, 2.75) is 43.6 Å². The van der Waals surface area contributed by atoms with Gasteiger partial charge in [0.05, 0.1) is 30.9 Å². The van der Waals surface area contributed by atoms with E-state index in [1.54, 1.807) is 24.3 Å². The predicted molar refractivity (Wildman–Crippen MR) is 101 cm³/mol. The average Bonchev–Trinajstić information content (AvgIpc) is 2.78. The number of amides is 1. The number of nitrogens with zero attached hydrogens (tertiary/aromatic N) is 1. The number of ether oxygens (including phenoxy) is 2. The first kappa shape index (κ1) is 22.5. The highest BCUT2D eigenvalue weighted by Crippen LogP contribution is 2.38. The summed E-state index contributed by atoms with van der Waals surface area (Å²) in [5.74, 6) is -10.3. The highest BCUT2D eigenvalue weighted by Gasteiger charge is 2.49. The number of halogens is 5. The largest absolute Gasteiger partial charge is 0.445 e. The molecule has 1 amide bonds. The van der Waals surface area contributed by atoms with Crippen molar-refractivity contribution in [1.82, 2.24) is 4.90 Å². The Morgan fingerprint density at radius 1 is 0.969 bits per heavy atom. The lowest BCUT2D eigenvalue weighted by molar-refractivity contribution is -0.133. The number of morpholine rings is 1. The molecule has 0 radical (unpaired) electrons. The summed E-state index contributed by atoms with van der Waals surface area (Å²) in [7, 11) is 0. The summed E-state index contributed by atoms with van der Waals surface area (Å²) in [6.07, 6.45) is -1.78. The summed E-state index contributed by atoms with van der Waals surface area (Å²) in [6, 6.07) is 7.63. The van der Waals surface area contributed by atoms with Gasteiger partial charge in [0.1, 0.15) is 6.61 Å². The van der Waals surface area contributed by atoms with E-state index in [0.717, 1.165) is 5.56 Å². The van der Waals surface area contributed by atoms with Gasteiger partial charge in [0.15, 0.2) is 23.3 Å². The normalized spacial score (nSPS) is 25.0. The van der Waals surface area contributed by atoms with Gasteiger partial charge in [0, 0.05) is 12.0 Å². The molecular formula is C22H20F5NO4. The number of hydrogen-bond donors (Lipinski definition) is 1. The molecule has 5 nitrogen and oxygen atoms in total. The van der Waals surface area contributed by atoms with Gasteiger partial charge in [0.2, 0.25) is 5.82 Å². The van der Waals surface area contributed by atoms with E-state index in [9.17, 15) is 31.9 Å². The molecule has 0 aliphatic carbocycles. The number of benzene rings is 2. The van der Waals surface area contributed by atoms with Crippen molar-refractivity contribution in [2.24, 2.45) is 0 Å². The molecule has 0 spiro atoms. The number of fused-ring (bicyclic) bond motifs is 2. The average molecular weight is 457 g/mol. The van der Waals surface area contributed by atoms with E-state index in [1.165, 1.54) is 4.90 Å². The summed E-state index contributed by atoms with van der Waals surface area (Å²) in [5.41, 5.74) is -2.10. The predicted octanol–water partition coefficient (Wildman–Crippen LogP) is 3.86. The fraction of sp³-hybridized carbons (Fsp3) is 0.409. The topological polar surface area (TPSA) is 59.0 Å². The SMILES string of the molecule is O=C(OCc1ccccc1)N1C2COCC1CC(O)(Cc1c(F)c(F)c(F)c(F)c1F)C2. The molecule has 32 heavy (non-hydrogen) atoms. The molecule has 2 atom stereocenters. The first-order valence-corrected chi connectivity index (χ1v) is 9.99. The van der Waals surface area contributed by atoms with E-state index in [2.05, 4.69) is 0 Å². The first-order valence-electron chi connectivity index (χ1n) is 9.99. The minimum atomic E-state index is -2.25. The number of carbonyl (C=O) groups is 1. The number of aliphatic hydroxyl groups is 1. The molecule has 10 heteroatoms. The Hall–Kier alpha value is -2.72. The third-order valence-corrected chi connectivity index (χ3v) is 5.86. The maximum atomic E-state index is 14.1. The van der Waals surface area contributed by atoms with Crippen molar-refractivity contribution in [3.8, 4) is 0 Å². The van der Waals surface area contributed by atoms with E-state index in [0.29, 0.717) is 0 Å². The molecule has 2 aliphatic rings. The molecule has 2 saturated heterocycles. The van der Waals surface area contributed by atoms with Crippen LogP contribution in [-0.4, -0.2) is 47.0 Å². The Kier molecular flexibility index (Phi) is 6.09. The maximum Gasteiger partial charge on any atom is 0.410 e. The summed E-state index contributed by atoms with van der Waals surface area (Å²) in [6.45, 7) is 0.109. The second-order valence-electron chi connectivity index (χ2n) is 8.15. The Morgan fingerprint density at radius 2 is 1.50 bits per heavy atom. The minimum absolute atomic E-state index is 0.0330. The van der Waals surface area contributed by atoms with Crippen molar-refractivity contribution in [3.63, 3.8) is 0 Å². The summed E-state index contributed by atoms with van der Waals surface area (Å²) in [5, 5.41) is 11.0. The van der Waals surface area contributed by atoms with E-state index >= 15 is 0 Å².